The molecule has 0 atom stereocenters. The first-order valence-corrected chi connectivity index (χ1v) is 8.78. The molecular weight excluding hydrogens is 336 g/mol. The van der Waals surface area contributed by atoms with Gasteiger partial charge >= 0.3 is 0 Å². The fourth-order valence-corrected chi connectivity index (χ4v) is 3.50. The van der Waals surface area contributed by atoms with Gasteiger partial charge in [0.2, 0.25) is 0 Å². The van der Waals surface area contributed by atoms with Crippen LogP contribution in [0.1, 0.15) is 33.1 Å². The minimum Gasteiger partial charge on any atom is -0.287 e. The van der Waals surface area contributed by atoms with E-state index in [1.165, 1.54) is 19.3 Å². The lowest BCUT2D eigenvalue weighted by atomic mass is 10.2. The average molecular weight is 355 g/mol. The zero-order valence-corrected chi connectivity index (χ0v) is 14.3. The molecular formula is C15H19BrN2OS. The van der Waals surface area contributed by atoms with Crippen molar-refractivity contribution in [3.63, 3.8) is 0 Å². The van der Waals surface area contributed by atoms with Gasteiger partial charge in [-0.05, 0) is 31.5 Å². The summed E-state index contributed by atoms with van der Waals surface area (Å²) in [7, 11) is 0. The Balaban J connectivity index is 2.39. The number of hydrogen-bond donors (Lipinski definition) is 0. The van der Waals surface area contributed by atoms with Crippen LogP contribution in [0, 0.1) is 0 Å². The van der Waals surface area contributed by atoms with Gasteiger partial charge in [-0.15, -0.1) is 0 Å². The van der Waals surface area contributed by atoms with Gasteiger partial charge in [0.25, 0.3) is 5.56 Å². The molecule has 0 N–H and O–H groups in total. The molecule has 0 saturated heterocycles. The van der Waals surface area contributed by atoms with E-state index in [0.717, 1.165) is 20.9 Å². The Hall–Kier alpha value is -0.810. The Morgan fingerprint density at radius 2 is 2.10 bits per heavy atom. The minimum atomic E-state index is 0.0526. The normalized spacial score (nSPS) is 11.2. The number of aromatic nitrogens is 2. The van der Waals surface area contributed by atoms with Gasteiger partial charge in [-0.3, -0.25) is 9.36 Å². The summed E-state index contributed by atoms with van der Waals surface area (Å²) in [6.07, 6.45) is 3.60. The Bertz CT molecular complexity index is 654. The second-order valence-corrected chi connectivity index (χ2v) is 6.64. The Morgan fingerprint density at radius 1 is 1.30 bits per heavy atom. The molecule has 0 radical (unpaired) electrons. The van der Waals surface area contributed by atoms with Crippen LogP contribution in [-0.2, 0) is 6.54 Å². The molecule has 3 nitrogen and oxygen atoms in total. The number of benzene rings is 1. The molecule has 0 unspecified atom stereocenters. The Labute approximate surface area is 131 Å². The summed E-state index contributed by atoms with van der Waals surface area (Å²) in [5.41, 5.74) is 0.831. The van der Waals surface area contributed by atoms with E-state index in [1.54, 1.807) is 16.3 Å². The molecule has 1 aromatic heterocycles. The maximum absolute atomic E-state index is 12.5. The first-order valence-electron chi connectivity index (χ1n) is 7.00. The highest BCUT2D eigenvalue weighted by atomic mass is 79.9. The quantitative estimate of drug-likeness (QED) is 0.436. The third-order valence-electron chi connectivity index (χ3n) is 3.18. The second-order valence-electron chi connectivity index (χ2n) is 4.66. The number of unbranched alkanes of at least 4 members (excludes halogenated alkanes) is 2. The molecule has 1 aromatic carbocycles. The first-order chi connectivity index (χ1) is 9.67. The zero-order chi connectivity index (χ0) is 14.5. The summed E-state index contributed by atoms with van der Waals surface area (Å²) in [5, 5.41) is 1.52. The highest BCUT2D eigenvalue weighted by Crippen LogP contribution is 2.21. The summed E-state index contributed by atoms with van der Waals surface area (Å²) in [6, 6.07) is 5.68. The number of thioether (sulfide) groups is 1. The van der Waals surface area contributed by atoms with Crippen LogP contribution in [0.4, 0.5) is 0 Å². The molecule has 1 heterocycles. The number of rotatable bonds is 6. The van der Waals surface area contributed by atoms with Crippen LogP contribution >= 0.6 is 27.7 Å². The molecule has 5 heteroatoms. The third-order valence-corrected chi connectivity index (χ3v) is 4.73. The van der Waals surface area contributed by atoms with E-state index >= 15 is 0 Å². The van der Waals surface area contributed by atoms with Crippen molar-refractivity contribution in [3.05, 3.63) is 33.0 Å². The molecule has 0 bridgehead atoms. The molecule has 2 aromatic rings. The van der Waals surface area contributed by atoms with E-state index in [0.29, 0.717) is 11.9 Å². The van der Waals surface area contributed by atoms with Gasteiger partial charge in [-0.1, -0.05) is 47.5 Å². The minimum absolute atomic E-state index is 0.0526. The van der Waals surface area contributed by atoms with Crippen LogP contribution in [-0.4, -0.2) is 15.3 Å². The molecule has 0 spiro atoms. The summed E-state index contributed by atoms with van der Waals surface area (Å²) in [6.45, 7) is 4.84. The lowest BCUT2D eigenvalue weighted by molar-refractivity contribution is 0.633. The van der Waals surface area contributed by atoms with E-state index in [4.69, 9.17) is 0 Å². The summed E-state index contributed by atoms with van der Waals surface area (Å²) in [4.78, 5) is 17.2. The molecule has 0 fully saturated rings. The predicted octanol–water partition coefficient (Wildman–Crippen LogP) is 4.46. The highest BCUT2D eigenvalue weighted by molar-refractivity contribution is 9.10. The number of fused-ring (bicyclic) bond motifs is 1. The van der Waals surface area contributed by atoms with Crippen molar-refractivity contribution < 1.29 is 0 Å². The van der Waals surface area contributed by atoms with Crippen molar-refractivity contribution in [3.8, 4) is 0 Å². The SMILES string of the molecule is CCCCCSc1nc2ccc(Br)cc2c(=O)n1CC. The van der Waals surface area contributed by atoms with E-state index < -0.39 is 0 Å². The maximum atomic E-state index is 12.5. The van der Waals surface area contributed by atoms with Crippen molar-refractivity contribution >= 4 is 38.6 Å². The standard InChI is InChI=1S/C15H19BrN2OS/c1-3-5-6-9-20-15-17-13-8-7-11(16)10-12(13)14(19)18(15)4-2/h7-8,10H,3-6,9H2,1-2H3. The zero-order valence-electron chi connectivity index (χ0n) is 11.9. The fourth-order valence-electron chi connectivity index (χ4n) is 2.08. The lowest BCUT2D eigenvalue weighted by Gasteiger charge is -2.11. The van der Waals surface area contributed by atoms with E-state index in [9.17, 15) is 4.79 Å². The van der Waals surface area contributed by atoms with E-state index in [1.807, 2.05) is 25.1 Å². The Morgan fingerprint density at radius 3 is 2.80 bits per heavy atom. The van der Waals surface area contributed by atoms with Gasteiger partial charge < -0.3 is 0 Å². The predicted molar refractivity (Wildman–Crippen MR) is 89.6 cm³/mol. The summed E-state index contributed by atoms with van der Waals surface area (Å²) < 4.78 is 2.68. The topological polar surface area (TPSA) is 34.9 Å². The number of halogens is 1. The van der Waals surface area contributed by atoms with Gasteiger partial charge in [0.05, 0.1) is 10.9 Å². The molecule has 0 aliphatic rings. The largest absolute Gasteiger partial charge is 0.287 e. The summed E-state index contributed by atoms with van der Waals surface area (Å²) in [5.74, 6) is 1.02. The van der Waals surface area contributed by atoms with Crippen molar-refractivity contribution in [2.45, 2.75) is 44.8 Å². The van der Waals surface area contributed by atoms with Crippen molar-refractivity contribution in [1.29, 1.82) is 0 Å². The number of hydrogen-bond acceptors (Lipinski definition) is 3. The molecule has 0 saturated carbocycles. The van der Waals surface area contributed by atoms with Crippen LogP contribution in [0.2, 0.25) is 0 Å². The fraction of sp³-hybridized carbons (Fsp3) is 0.467. The van der Waals surface area contributed by atoms with Crippen molar-refractivity contribution in [1.82, 2.24) is 9.55 Å². The highest BCUT2D eigenvalue weighted by Gasteiger charge is 2.10. The van der Waals surface area contributed by atoms with E-state index in [-0.39, 0.29) is 5.56 Å². The van der Waals surface area contributed by atoms with E-state index in [2.05, 4.69) is 27.8 Å². The molecule has 20 heavy (non-hydrogen) atoms. The van der Waals surface area contributed by atoms with Gasteiger partial charge in [0.1, 0.15) is 0 Å². The number of nitrogens with zero attached hydrogens (tertiary/aromatic N) is 2. The van der Waals surface area contributed by atoms with Crippen LogP contribution in [0.15, 0.2) is 32.6 Å². The van der Waals surface area contributed by atoms with Gasteiger partial charge in [-0.25, -0.2) is 4.98 Å². The molecule has 108 valence electrons. The van der Waals surface area contributed by atoms with Gasteiger partial charge in [0, 0.05) is 16.8 Å². The van der Waals surface area contributed by atoms with Crippen LogP contribution < -0.4 is 5.56 Å². The Kier molecular flexibility index (Phi) is 5.66. The molecule has 2 rings (SSSR count). The molecule has 0 aliphatic carbocycles. The smallest absolute Gasteiger partial charge is 0.262 e. The lowest BCUT2D eigenvalue weighted by Crippen LogP contribution is -2.22. The van der Waals surface area contributed by atoms with Gasteiger partial charge in [0.15, 0.2) is 5.16 Å². The van der Waals surface area contributed by atoms with Crippen molar-refractivity contribution in [2.75, 3.05) is 5.75 Å². The van der Waals surface area contributed by atoms with Crippen LogP contribution in [0.3, 0.4) is 0 Å². The molecule has 0 amide bonds. The monoisotopic (exact) mass is 354 g/mol. The molecule has 0 aliphatic heterocycles. The maximum Gasteiger partial charge on any atom is 0.262 e. The van der Waals surface area contributed by atoms with Crippen LogP contribution in [0.25, 0.3) is 10.9 Å². The third kappa shape index (κ3) is 3.44. The second kappa shape index (κ2) is 7.27. The van der Waals surface area contributed by atoms with Crippen molar-refractivity contribution in [2.24, 2.45) is 0 Å². The average Bonchev–Trinajstić information content (AvgIpc) is 2.45. The van der Waals surface area contributed by atoms with Gasteiger partial charge in [-0.2, -0.15) is 0 Å². The van der Waals surface area contributed by atoms with Crippen LogP contribution in [0.5, 0.6) is 0 Å². The first kappa shape index (κ1) is 15.6. The summed E-state index contributed by atoms with van der Waals surface area (Å²) >= 11 is 5.09.